The third-order valence-electron chi connectivity index (χ3n) is 11.7. The molecule has 1 unspecified atom stereocenters. The molecule has 4 aromatic rings. The molecule has 2 N–H and O–H groups in total. The van der Waals surface area contributed by atoms with E-state index in [0.717, 1.165) is 43.0 Å². The number of ether oxygens (including phenoxy) is 1. The zero-order chi connectivity index (χ0) is 36.3. The van der Waals surface area contributed by atoms with Crippen LogP contribution in [0.25, 0.3) is 11.4 Å². The molecule has 2 amide bonds. The Kier molecular flexibility index (Phi) is 7.36. The van der Waals surface area contributed by atoms with Gasteiger partial charge in [-0.15, -0.1) is 5.10 Å². The summed E-state index contributed by atoms with van der Waals surface area (Å²) in [5.41, 5.74) is 0.565. The highest BCUT2D eigenvalue weighted by Gasteiger charge is 2.70. The van der Waals surface area contributed by atoms with Gasteiger partial charge in [0.25, 0.3) is 11.5 Å². The summed E-state index contributed by atoms with van der Waals surface area (Å²) in [7, 11) is 0. The molecule has 13 nitrogen and oxygen atoms in total. The van der Waals surface area contributed by atoms with E-state index in [1.54, 1.807) is 16.4 Å². The number of anilines is 1. The van der Waals surface area contributed by atoms with Gasteiger partial charge < -0.3 is 24.6 Å². The first-order valence-electron chi connectivity index (χ1n) is 17.2. The molecule has 2 aliphatic heterocycles. The Labute approximate surface area is 298 Å². The molecular formula is C35H32ClF3N8O5. The molecule has 9 rings (SSSR count). The predicted octanol–water partition coefficient (Wildman–Crippen LogP) is 4.49. The summed E-state index contributed by atoms with van der Waals surface area (Å²) in [6.45, 7) is 2.49. The number of halogens is 4. The molecule has 5 aliphatic rings. The average Bonchev–Trinajstić information content (AvgIpc) is 3.68. The van der Waals surface area contributed by atoms with Crippen molar-refractivity contribution in [2.75, 3.05) is 25.1 Å². The third-order valence-corrected chi connectivity index (χ3v) is 12.0. The molecule has 5 atom stereocenters. The number of nitrogens with zero attached hydrogens (tertiary/aromatic N) is 7. The molecule has 52 heavy (non-hydrogen) atoms. The van der Waals surface area contributed by atoms with Gasteiger partial charge in [0.2, 0.25) is 11.7 Å². The summed E-state index contributed by atoms with van der Waals surface area (Å²) < 4.78 is 48.3. The fraction of sp³-hybridized carbons (Fsp3) is 0.457. The lowest BCUT2D eigenvalue weighted by Gasteiger charge is -2.58. The van der Waals surface area contributed by atoms with Crippen LogP contribution in [0.15, 0.2) is 35.4 Å². The molecule has 0 bridgehead atoms. The number of amides is 2. The molecule has 270 valence electrons. The number of nitrogens with one attached hydrogen (secondary N) is 1. The molecule has 3 fully saturated rings. The number of carbonyl (C=O) groups excluding carboxylic acids is 2. The van der Waals surface area contributed by atoms with Crippen LogP contribution in [0.2, 0.25) is 5.02 Å². The van der Waals surface area contributed by atoms with Crippen molar-refractivity contribution >= 4 is 40.5 Å². The minimum atomic E-state index is -4.60. The van der Waals surface area contributed by atoms with Crippen molar-refractivity contribution in [3.63, 3.8) is 0 Å². The summed E-state index contributed by atoms with van der Waals surface area (Å²) in [5.74, 6) is -0.624. The Morgan fingerprint density at radius 2 is 2.02 bits per heavy atom. The van der Waals surface area contributed by atoms with Crippen LogP contribution in [0, 0.1) is 18.8 Å². The fourth-order valence-electron chi connectivity index (χ4n) is 9.19. The van der Waals surface area contributed by atoms with Crippen LogP contribution >= 0.6 is 11.6 Å². The molecule has 17 heteroatoms. The van der Waals surface area contributed by atoms with Crippen molar-refractivity contribution < 1.29 is 32.6 Å². The maximum Gasteiger partial charge on any atom is 0.416 e. The Morgan fingerprint density at radius 1 is 1.19 bits per heavy atom. The van der Waals surface area contributed by atoms with Gasteiger partial charge in [-0.25, -0.2) is 9.97 Å². The zero-order valence-electron chi connectivity index (χ0n) is 27.8. The van der Waals surface area contributed by atoms with Crippen molar-refractivity contribution in [3.05, 3.63) is 80.0 Å². The standard InChI is InChI=1S/C35H32ClF3N8O5/c1-16-29(49)27(41-15-40-16)32(51)45-9-8-34(20-3-5-24(20)45)21-13-19(21)28-26(34)31(50)47-33(43-30(44-47)17-6-10-52-11-7-17)46(28)14-25(48)42-23-4-2-18(12-22(23)36)35(37,38)39/h2,4,6,12,15,19-21,24,49H,3,5,7-11,13-14H2,1H3,(H,42,48)/t19-,20+,21?,24-,34+/m1/s1. The first kappa shape index (κ1) is 33.0. The number of benzene rings is 1. The Bertz CT molecular complexity index is 2310. The molecule has 0 radical (unpaired) electrons. The summed E-state index contributed by atoms with van der Waals surface area (Å²) in [4.78, 5) is 56.8. The lowest BCUT2D eigenvalue weighted by atomic mass is 9.54. The van der Waals surface area contributed by atoms with Gasteiger partial charge in [0.05, 0.1) is 35.2 Å². The number of likely N-dealkylation sites (tertiary alicyclic amines) is 1. The number of alkyl halides is 3. The van der Waals surface area contributed by atoms with E-state index < -0.39 is 23.1 Å². The zero-order valence-corrected chi connectivity index (χ0v) is 28.5. The second-order valence-corrected chi connectivity index (χ2v) is 14.6. The van der Waals surface area contributed by atoms with E-state index in [9.17, 15) is 32.7 Å². The van der Waals surface area contributed by atoms with Gasteiger partial charge in [-0.3, -0.25) is 14.4 Å². The van der Waals surface area contributed by atoms with Gasteiger partial charge in [-0.2, -0.15) is 22.7 Å². The van der Waals surface area contributed by atoms with Gasteiger partial charge in [0, 0.05) is 35.2 Å². The average molecular weight is 737 g/mol. The largest absolute Gasteiger partial charge is 0.504 e. The van der Waals surface area contributed by atoms with Gasteiger partial charge in [0.15, 0.2) is 17.3 Å². The summed E-state index contributed by atoms with van der Waals surface area (Å²) in [6, 6.07) is 2.54. The molecule has 1 spiro atoms. The second kappa shape index (κ2) is 11.6. The van der Waals surface area contributed by atoms with E-state index in [0.29, 0.717) is 55.4 Å². The van der Waals surface area contributed by atoms with Gasteiger partial charge >= 0.3 is 6.18 Å². The maximum absolute atomic E-state index is 14.7. The molecule has 3 aliphatic carbocycles. The highest BCUT2D eigenvalue weighted by Crippen LogP contribution is 2.72. The predicted molar refractivity (Wildman–Crippen MR) is 179 cm³/mol. The van der Waals surface area contributed by atoms with Gasteiger partial charge in [-0.05, 0) is 74.6 Å². The lowest BCUT2D eigenvalue weighted by molar-refractivity contribution is -0.137. The number of hydrogen-bond donors (Lipinski definition) is 2. The van der Waals surface area contributed by atoms with Gasteiger partial charge in [-0.1, -0.05) is 17.7 Å². The maximum atomic E-state index is 14.7. The van der Waals surface area contributed by atoms with Crippen LogP contribution in [-0.2, 0) is 27.7 Å². The highest BCUT2D eigenvalue weighted by molar-refractivity contribution is 6.33. The summed E-state index contributed by atoms with van der Waals surface area (Å²) >= 11 is 6.18. The first-order chi connectivity index (χ1) is 24.9. The number of aromatic nitrogens is 6. The third kappa shape index (κ3) is 4.82. The number of fused-ring (bicyclic) bond motifs is 8. The number of aromatic hydroxyl groups is 1. The van der Waals surface area contributed by atoms with Crippen LogP contribution in [0.5, 0.6) is 5.75 Å². The fourth-order valence-corrected chi connectivity index (χ4v) is 9.42. The molecule has 1 saturated heterocycles. The van der Waals surface area contributed by atoms with E-state index in [4.69, 9.17) is 21.3 Å². The van der Waals surface area contributed by atoms with Crippen LogP contribution in [0.3, 0.4) is 0 Å². The van der Waals surface area contributed by atoms with E-state index in [1.807, 2.05) is 6.08 Å². The van der Waals surface area contributed by atoms with Crippen LogP contribution in [0.4, 0.5) is 18.9 Å². The quantitative estimate of drug-likeness (QED) is 0.302. The van der Waals surface area contributed by atoms with Crippen LogP contribution in [0.1, 0.15) is 76.8 Å². The normalized spacial score (nSPS) is 26.0. The SMILES string of the molecule is Cc1ncnc(C(=O)N2CC[C@]3(c4c(n(CC(=O)Nc5ccc(C(F)(F)F)cc5Cl)c5nc(C6=CCOCC6)nn5c4=O)[C@@H]4CC43)[C@H]3CC[C@H]32)c1O. The van der Waals surface area contributed by atoms with Crippen molar-refractivity contribution in [3.8, 4) is 5.75 Å². The van der Waals surface area contributed by atoms with E-state index in [2.05, 4.69) is 20.4 Å². The van der Waals surface area contributed by atoms with Crippen molar-refractivity contribution in [1.29, 1.82) is 0 Å². The van der Waals surface area contributed by atoms with Gasteiger partial charge in [0.1, 0.15) is 12.9 Å². The molecular weight excluding hydrogens is 705 g/mol. The van der Waals surface area contributed by atoms with Crippen molar-refractivity contribution in [2.45, 2.75) is 69.1 Å². The second-order valence-electron chi connectivity index (χ2n) is 14.2. The summed E-state index contributed by atoms with van der Waals surface area (Å²) in [6.07, 6.45) is 1.86. The number of aryl methyl sites for hydroxylation is 1. The van der Waals surface area contributed by atoms with E-state index in [-0.39, 0.29) is 69.7 Å². The Hall–Kier alpha value is -4.83. The summed E-state index contributed by atoms with van der Waals surface area (Å²) in [5, 5.41) is 17.7. The number of carbonyl (C=O) groups is 2. The minimum absolute atomic E-state index is 0.0166. The van der Waals surface area contributed by atoms with E-state index >= 15 is 0 Å². The van der Waals surface area contributed by atoms with Crippen LogP contribution in [-0.4, -0.2) is 76.8 Å². The topological polar surface area (TPSA) is 157 Å². The highest BCUT2D eigenvalue weighted by atomic mass is 35.5. The smallest absolute Gasteiger partial charge is 0.416 e. The first-order valence-corrected chi connectivity index (χ1v) is 17.6. The van der Waals surface area contributed by atoms with Crippen LogP contribution < -0.4 is 10.9 Å². The molecule has 2 saturated carbocycles. The number of rotatable bonds is 5. The van der Waals surface area contributed by atoms with E-state index in [1.165, 1.54) is 10.8 Å². The van der Waals surface area contributed by atoms with Crippen molar-refractivity contribution in [2.24, 2.45) is 11.8 Å². The molecule has 5 heterocycles. The Morgan fingerprint density at radius 3 is 2.73 bits per heavy atom. The molecule has 3 aromatic heterocycles. The van der Waals surface area contributed by atoms with Crippen molar-refractivity contribution in [1.82, 2.24) is 34.0 Å². The number of piperidine rings is 1. The Balaban J connectivity index is 1.12. The number of hydrogen-bond acceptors (Lipinski definition) is 9. The molecule has 1 aromatic carbocycles. The lowest BCUT2D eigenvalue weighted by Crippen LogP contribution is -2.64. The monoisotopic (exact) mass is 736 g/mol. The minimum Gasteiger partial charge on any atom is -0.504 e.